The highest BCUT2D eigenvalue weighted by Gasteiger charge is 2.32. The maximum atomic E-state index is 14.1. The zero-order chi connectivity index (χ0) is 31.7. The van der Waals surface area contributed by atoms with Crippen molar-refractivity contribution >= 4 is 62.4 Å². The Balaban J connectivity index is 1.31. The monoisotopic (exact) mass is 645 g/mol. The second-order valence-corrected chi connectivity index (χ2v) is 12.3. The number of carbonyl (C=O) groups excluding carboxylic acids is 2. The first-order chi connectivity index (χ1) is 21.7. The van der Waals surface area contributed by atoms with Crippen molar-refractivity contribution in [3.63, 3.8) is 0 Å². The van der Waals surface area contributed by atoms with E-state index in [1.54, 1.807) is 43.0 Å². The van der Waals surface area contributed by atoms with Gasteiger partial charge in [0, 0.05) is 79.8 Å². The van der Waals surface area contributed by atoms with Gasteiger partial charge in [-0.3, -0.25) is 14.6 Å². The highest BCUT2D eigenvalue weighted by Crippen LogP contribution is 2.31. The highest BCUT2D eigenvalue weighted by atomic mass is 35.5. The molecule has 1 atom stereocenters. The molecule has 6 rings (SSSR count). The summed E-state index contributed by atoms with van der Waals surface area (Å²) in [5.41, 5.74) is 5.88. The summed E-state index contributed by atoms with van der Waals surface area (Å²) >= 11 is 12.4. The number of carbonyl (C=O) groups is 2. The number of benzene rings is 3. The number of aromatic amines is 2. The molecule has 0 saturated carbocycles. The zero-order valence-electron chi connectivity index (χ0n) is 25.1. The third-order valence-corrected chi connectivity index (χ3v) is 9.25. The molecule has 2 aromatic heterocycles. The van der Waals surface area contributed by atoms with E-state index in [0.29, 0.717) is 49.1 Å². The zero-order valence-corrected chi connectivity index (χ0v) is 26.6. The van der Waals surface area contributed by atoms with E-state index in [0.717, 1.165) is 44.1 Å². The maximum absolute atomic E-state index is 14.1. The van der Waals surface area contributed by atoms with Crippen molar-refractivity contribution < 1.29 is 14.0 Å². The van der Waals surface area contributed by atoms with Crippen molar-refractivity contribution in [2.24, 2.45) is 0 Å². The summed E-state index contributed by atoms with van der Waals surface area (Å²) in [5.74, 6) is -0.495. The number of hydrazine groups is 1. The lowest BCUT2D eigenvalue weighted by Gasteiger charge is -2.43. The number of amides is 2. The molecule has 0 fully saturated rings. The number of aromatic nitrogens is 2. The number of hydrogen-bond acceptors (Lipinski definition) is 3. The van der Waals surface area contributed by atoms with Crippen LogP contribution in [0, 0.1) is 5.82 Å². The fourth-order valence-corrected chi connectivity index (χ4v) is 6.67. The van der Waals surface area contributed by atoms with E-state index in [4.69, 9.17) is 23.2 Å². The second-order valence-electron chi connectivity index (χ2n) is 11.5. The summed E-state index contributed by atoms with van der Waals surface area (Å²) in [6.45, 7) is 4.82. The van der Waals surface area contributed by atoms with Crippen LogP contribution in [0.5, 0.6) is 0 Å². The first-order valence-electron chi connectivity index (χ1n) is 14.9. The Morgan fingerprint density at radius 2 is 1.71 bits per heavy atom. The second kappa shape index (κ2) is 13.1. The Bertz CT molecular complexity index is 1910. The third kappa shape index (κ3) is 6.64. The molecule has 0 spiro atoms. The summed E-state index contributed by atoms with van der Waals surface area (Å²) in [4.78, 5) is 34.8. The smallest absolute Gasteiger partial charge is 0.234 e. The summed E-state index contributed by atoms with van der Waals surface area (Å²) in [7, 11) is 0. The topological polar surface area (TPSA) is 75.4 Å². The van der Waals surface area contributed by atoms with E-state index in [2.05, 4.69) is 27.1 Å². The standard InChI is InChI=1S/C35H34Cl2FN5O2/c1-22(44)41(20-24-7-9-32(36)33(37)15-24)21-28(16-26-18-39-34-6-4-3-5-29(26)34)43(23(2)45)42-13-11-25(12-14-42)31-19-40-35-10-8-27(38)17-30(31)35/h3-11,15,17-19,28,39-40H,12-14,16,20-21H2,1-2H3/t28-/m1/s1. The minimum atomic E-state index is -0.356. The minimum Gasteiger partial charge on any atom is -0.361 e. The van der Waals surface area contributed by atoms with Crippen molar-refractivity contribution in [2.75, 3.05) is 19.6 Å². The van der Waals surface area contributed by atoms with Crippen LogP contribution >= 0.6 is 23.2 Å². The SMILES string of the molecule is CC(=O)N(Cc1ccc(Cl)c(Cl)c1)C[C@@H](Cc1c[nH]c2ccccc12)N(C(C)=O)N1CC=C(c2c[nH]c3ccc(F)cc23)CC1. The van der Waals surface area contributed by atoms with Gasteiger partial charge in [0.1, 0.15) is 5.82 Å². The number of nitrogens with zero attached hydrogens (tertiary/aromatic N) is 3. The molecule has 45 heavy (non-hydrogen) atoms. The predicted molar refractivity (Wildman–Crippen MR) is 178 cm³/mol. The van der Waals surface area contributed by atoms with Gasteiger partial charge in [-0.2, -0.15) is 0 Å². The molecule has 0 unspecified atom stereocenters. The number of H-pyrrole nitrogens is 2. The average Bonchev–Trinajstić information content (AvgIpc) is 3.63. The van der Waals surface area contributed by atoms with Crippen LogP contribution in [0.4, 0.5) is 4.39 Å². The molecule has 7 nitrogen and oxygen atoms in total. The molecule has 1 aliphatic heterocycles. The van der Waals surface area contributed by atoms with Gasteiger partial charge in [-0.05, 0) is 65.9 Å². The summed E-state index contributed by atoms with van der Waals surface area (Å²) in [5, 5.41) is 6.66. The fraction of sp³-hybridized carbons (Fsp3) is 0.257. The molecular formula is C35H34Cl2FN5O2. The lowest BCUT2D eigenvalue weighted by atomic mass is 9.99. The molecule has 3 aromatic carbocycles. The molecule has 232 valence electrons. The van der Waals surface area contributed by atoms with Gasteiger partial charge >= 0.3 is 0 Å². The lowest BCUT2D eigenvalue weighted by Crippen LogP contribution is -2.57. The Labute approximate surface area is 271 Å². The van der Waals surface area contributed by atoms with Crippen LogP contribution in [0.2, 0.25) is 10.0 Å². The van der Waals surface area contributed by atoms with Crippen LogP contribution in [0.1, 0.15) is 37.0 Å². The molecule has 3 heterocycles. The average molecular weight is 647 g/mol. The number of para-hydroxylation sites is 1. The van der Waals surface area contributed by atoms with Crippen molar-refractivity contribution in [2.45, 2.75) is 39.3 Å². The van der Waals surface area contributed by atoms with Gasteiger partial charge in [-0.25, -0.2) is 9.40 Å². The van der Waals surface area contributed by atoms with Crippen LogP contribution in [0.3, 0.4) is 0 Å². The van der Waals surface area contributed by atoms with Crippen LogP contribution in [0.25, 0.3) is 27.4 Å². The molecule has 5 aromatic rings. The molecule has 0 bridgehead atoms. The Morgan fingerprint density at radius 3 is 2.44 bits per heavy atom. The van der Waals surface area contributed by atoms with Gasteiger partial charge in [-0.1, -0.05) is 53.5 Å². The number of nitrogens with one attached hydrogen (secondary N) is 2. The highest BCUT2D eigenvalue weighted by molar-refractivity contribution is 6.42. The first-order valence-corrected chi connectivity index (χ1v) is 15.7. The Hall–Kier alpha value is -4.11. The summed E-state index contributed by atoms with van der Waals surface area (Å²) in [6, 6.07) is 17.8. The van der Waals surface area contributed by atoms with E-state index in [-0.39, 0.29) is 23.7 Å². The lowest BCUT2D eigenvalue weighted by molar-refractivity contribution is -0.155. The van der Waals surface area contributed by atoms with Gasteiger partial charge in [0.05, 0.1) is 16.1 Å². The van der Waals surface area contributed by atoms with Gasteiger partial charge in [0.25, 0.3) is 0 Å². The molecule has 0 saturated heterocycles. The Kier molecular flexibility index (Phi) is 8.99. The largest absolute Gasteiger partial charge is 0.361 e. The third-order valence-electron chi connectivity index (χ3n) is 8.52. The minimum absolute atomic E-state index is 0.108. The van der Waals surface area contributed by atoms with Gasteiger partial charge in [0.2, 0.25) is 11.8 Å². The molecule has 1 aliphatic rings. The molecule has 0 radical (unpaired) electrons. The first kappa shape index (κ1) is 30.9. The van der Waals surface area contributed by atoms with E-state index < -0.39 is 0 Å². The molecule has 0 aliphatic carbocycles. The number of hydrogen-bond donors (Lipinski definition) is 2. The van der Waals surface area contributed by atoms with Crippen molar-refractivity contribution in [3.8, 4) is 0 Å². The molecule has 2 N–H and O–H groups in total. The summed E-state index contributed by atoms with van der Waals surface area (Å²) < 4.78 is 14.1. The van der Waals surface area contributed by atoms with Crippen molar-refractivity contribution in [1.82, 2.24) is 24.9 Å². The van der Waals surface area contributed by atoms with E-state index in [9.17, 15) is 14.0 Å². The van der Waals surface area contributed by atoms with Gasteiger partial charge in [-0.15, -0.1) is 0 Å². The van der Waals surface area contributed by atoms with E-state index in [1.807, 2.05) is 41.7 Å². The van der Waals surface area contributed by atoms with E-state index in [1.165, 1.54) is 6.07 Å². The molecule has 10 heteroatoms. The van der Waals surface area contributed by atoms with Gasteiger partial charge in [0.15, 0.2) is 0 Å². The van der Waals surface area contributed by atoms with Crippen molar-refractivity contribution in [3.05, 3.63) is 112 Å². The van der Waals surface area contributed by atoms with Crippen LogP contribution in [-0.2, 0) is 22.6 Å². The summed E-state index contributed by atoms with van der Waals surface area (Å²) in [6.07, 6.45) is 7.21. The fourth-order valence-electron chi connectivity index (χ4n) is 6.34. The maximum Gasteiger partial charge on any atom is 0.234 e. The van der Waals surface area contributed by atoms with E-state index >= 15 is 0 Å². The number of rotatable bonds is 9. The van der Waals surface area contributed by atoms with Gasteiger partial charge < -0.3 is 14.9 Å². The van der Waals surface area contributed by atoms with Crippen LogP contribution in [0.15, 0.2) is 79.1 Å². The van der Waals surface area contributed by atoms with Crippen LogP contribution in [-0.4, -0.2) is 62.4 Å². The normalized spacial score (nSPS) is 14.5. The van der Waals surface area contributed by atoms with Crippen LogP contribution < -0.4 is 0 Å². The molecular weight excluding hydrogens is 612 g/mol. The predicted octanol–water partition coefficient (Wildman–Crippen LogP) is 7.61. The Morgan fingerprint density at radius 1 is 0.933 bits per heavy atom. The quantitative estimate of drug-likeness (QED) is 0.173. The molecule has 2 amide bonds. The number of fused-ring (bicyclic) bond motifs is 2. The number of halogens is 3. The van der Waals surface area contributed by atoms with Crippen molar-refractivity contribution in [1.29, 1.82) is 0 Å².